The largest absolute Gasteiger partial charge is 0.416 e. The van der Waals surface area contributed by atoms with Crippen LogP contribution in [0.15, 0.2) is 24.3 Å². The second-order valence-electron chi connectivity index (χ2n) is 4.12. The predicted octanol–water partition coefficient (Wildman–Crippen LogP) is 2.13. The molecule has 0 aliphatic carbocycles. The van der Waals surface area contributed by atoms with Crippen LogP contribution in [0.5, 0.6) is 0 Å². The summed E-state index contributed by atoms with van der Waals surface area (Å²) in [6.07, 6.45) is -4.66. The highest BCUT2D eigenvalue weighted by atomic mass is 32.1. The zero-order chi connectivity index (χ0) is 17.3. The van der Waals surface area contributed by atoms with E-state index in [4.69, 9.17) is 19.6 Å². The minimum atomic E-state index is -5.32. The van der Waals surface area contributed by atoms with Gasteiger partial charge in [0.25, 0.3) is 0 Å². The summed E-state index contributed by atoms with van der Waals surface area (Å²) in [5.74, 6) is 0. The summed E-state index contributed by atoms with van der Waals surface area (Å²) in [4.78, 5) is 34.9. The van der Waals surface area contributed by atoms with E-state index in [0.29, 0.717) is 6.07 Å². The molecule has 0 aromatic heterocycles. The first-order valence-corrected chi connectivity index (χ1v) is 9.08. The lowest BCUT2D eigenvalue weighted by molar-refractivity contribution is -0.137. The van der Waals surface area contributed by atoms with Crippen LogP contribution in [-0.2, 0) is 15.3 Å². The van der Waals surface area contributed by atoms with Gasteiger partial charge in [-0.2, -0.15) is 13.2 Å². The van der Waals surface area contributed by atoms with Crippen molar-refractivity contribution in [1.82, 2.24) is 0 Å². The van der Waals surface area contributed by atoms with E-state index in [2.05, 4.69) is 12.2 Å². The maximum Gasteiger partial charge on any atom is 0.416 e. The fraction of sp³-hybridized carbons (Fsp3) is 0.222. The highest BCUT2D eigenvalue weighted by Crippen LogP contribution is 2.60. The van der Waals surface area contributed by atoms with Crippen LogP contribution in [0.1, 0.15) is 5.56 Å². The van der Waals surface area contributed by atoms with E-state index in [1.807, 2.05) is 5.32 Å². The zero-order valence-electron chi connectivity index (χ0n) is 10.4. The summed E-state index contributed by atoms with van der Waals surface area (Å²) < 4.78 is 59.9. The third-order valence-electron chi connectivity index (χ3n) is 2.33. The van der Waals surface area contributed by atoms with E-state index in [0.717, 1.165) is 18.2 Å². The van der Waals surface area contributed by atoms with Crippen molar-refractivity contribution in [2.24, 2.45) is 0 Å². The Hall–Kier alpha value is -0.800. The molecule has 0 atom stereocenters. The van der Waals surface area contributed by atoms with Gasteiger partial charge >= 0.3 is 21.4 Å². The normalized spacial score (nSPS) is 13.3. The van der Waals surface area contributed by atoms with Gasteiger partial charge in [-0.3, -0.25) is 9.13 Å². The summed E-state index contributed by atoms with van der Waals surface area (Å²) in [5.41, 5.74) is -1.38. The Morgan fingerprint density at radius 3 is 2.05 bits per heavy atom. The van der Waals surface area contributed by atoms with Crippen LogP contribution in [0.3, 0.4) is 0 Å². The molecule has 0 heterocycles. The molecule has 0 aliphatic heterocycles. The van der Waals surface area contributed by atoms with Crippen molar-refractivity contribution in [2.45, 2.75) is 11.6 Å². The van der Waals surface area contributed by atoms with Crippen LogP contribution in [-0.4, -0.2) is 30.0 Å². The first kappa shape index (κ1) is 19.2. The van der Waals surface area contributed by atoms with E-state index in [1.165, 1.54) is 0 Å². The molecule has 0 fully saturated rings. The van der Waals surface area contributed by atoms with Crippen molar-refractivity contribution < 1.29 is 41.9 Å². The molecule has 0 spiro atoms. The molecular formula is C9H10F3NO6P2S. The fourth-order valence-electron chi connectivity index (χ4n) is 1.48. The number of anilines is 1. The SMILES string of the molecule is O=P(O)(O)C(C(=S)Nc1cccc(C(F)(F)F)c1)P(=O)(O)O. The van der Waals surface area contributed by atoms with Gasteiger partial charge in [0.1, 0.15) is 4.99 Å². The lowest BCUT2D eigenvalue weighted by Gasteiger charge is -2.21. The minimum absolute atomic E-state index is 0.313. The van der Waals surface area contributed by atoms with Crippen LogP contribution in [0.25, 0.3) is 0 Å². The van der Waals surface area contributed by atoms with E-state index in [1.54, 1.807) is 0 Å². The molecule has 0 bridgehead atoms. The quantitative estimate of drug-likeness (QED) is 0.398. The number of thiocarbonyl (C=S) groups is 1. The summed E-state index contributed by atoms with van der Waals surface area (Å²) in [5, 5.41) is -0.620. The summed E-state index contributed by atoms with van der Waals surface area (Å²) in [7, 11) is -10.6. The average Bonchev–Trinajstić information content (AvgIpc) is 2.23. The Balaban J connectivity index is 3.11. The smallest absolute Gasteiger partial charge is 0.349 e. The molecule has 0 aliphatic rings. The molecule has 1 aromatic carbocycles. The van der Waals surface area contributed by atoms with Crippen molar-refractivity contribution in [1.29, 1.82) is 0 Å². The number of alkyl halides is 3. The van der Waals surface area contributed by atoms with Crippen LogP contribution in [0.4, 0.5) is 18.9 Å². The van der Waals surface area contributed by atoms with Crippen molar-refractivity contribution in [3.63, 3.8) is 0 Å². The van der Waals surface area contributed by atoms with Crippen LogP contribution in [0.2, 0.25) is 0 Å². The maximum absolute atomic E-state index is 12.5. The zero-order valence-corrected chi connectivity index (χ0v) is 13.0. The maximum atomic E-state index is 12.5. The monoisotopic (exact) mass is 379 g/mol. The van der Waals surface area contributed by atoms with Gasteiger partial charge in [-0.05, 0) is 18.2 Å². The van der Waals surface area contributed by atoms with Gasteiger partial charge in [-0.15, -0.1) is 0 Å². The Kier molecular flexibility index (Phi) is 5.57. The summed E-state index contributed by atoms with van der Waals surface area (Å²) >= 11 is 4.51. The number of hydrogen-bond acceptors (Lipinski definition) is 3. The predicted molar refractivity (Wildman–Crippen MR) is 75.5 cm³/mol. The molecule has 7 nitrogen and oxygen atoms in total. The standard InChI is InChI=1S/C9H10F3NO6P2S/c10-9(11,12)5-2-1-3-6(4-5)13-7(22)8(20(14,15)16)21(17,18)19/h1-4,8H,(H,13,22)(H2,14,15,16)(H2,17,18,19). The second kappa shape index (κ2) is 6.37. The number of hydrogen-bond donors (Lipinski definition) is 5. The first-order valence-electron chi connectivity index (χ1n) is 5.31. The van der Waals surface area contributed by atoms with E-state index < -0.39 is 37.3 Å². The molecule has 0 amide bonds. The van der Waals surface area contributed by atoms with E-state index >= 15 is 0 Å². The number of halogens is 3. The van der Waals surface area contributed by atoms with Crippen LogP contribution >= 0.6 is 27.4 Å². The molecule has 0 radical (unpaired) electrons. The molecule has 124 valence electrons. The average molecular weight is 379 g/mol. The molecule has 1 rings (SSSR count). The van der Waals surface area contributed by atoms with Gasteiger partial charge in [0, 0.05) is 5.69 Å². The summed E-state index contributed by atoms with van der Waals surface area (Å²) in [6.45, 7) is 0. The highest BCUT2D eigenvalue weighted by Gasteiger charge is 2.46. The van der Waals surface area contributed by atoms with Gasteiger partial charge in [0.05, 0.1) is 5.56 Å². The van der Waals surface area contributed by atoms with Gasteiger partial charge in [0.2, 0.25) is 5.40 Å². The van der Waals surface area contributed by atoms with Crippen LogP contribution < -0.4 is 5.32 Å². The lowest BCUT2D eigenvalue weighted by atomic mass is 10.2. The molecule has 0 saturated heterocycles. The molecule has 0 saturated carbocycles. The highest BCUT2D eigenvalue weighted by molar-refractivity contribution is 7.85. The third-order valence-corrected chi connectivity index (χ3v) is 6.61. The van der Waals surface area contributed by atoms with E-state index in [-0.39, 0.29) is 5.69 Å². The first-order chi connectivity index (χ1) is 9.73. The molecule has 22 heavy (non-hydrogen) atoms. The van der Waals surface area contributed by atoms with Crippen LogP contribution in [0, 0.1) is 0 Å². The van der Waals surface area contributed by atoms with Crippen molar-refractivity contribution in [3.05, 3.63) is 29.8 Å². The topological polar surface area (TPSA) is 127 Å². The molecule has 1 aromatic rings. The molecule has 5 N–H and O–H groups in total. The Labute approximate surface area is 127 Å². The second-order valence-corrected chi connectivity index (χ2v) is 8.36. The van der Waals surface area contributed by atoms with Gasteiger partial charge in [0.15, 0.2) is 0 Å². The summed E-state index contributed by atoms with van der Waals surface area (Å²) in [6, 6.07) is 3.43. The Morgan fingerprint density at radius 2 is 1.64 bits per heavy atom. The molecular weight excluding hydrogens is 369 g/mol. The van der Waals surface area contributed by atoms with E-state index in [9.17, 15) is 22.3 Å². The third kappa shape index (κ3) is 5.13. The minimum Gasteiger partial charge on any atom is -0.349 e. The lowest BCUT2D eigenvalue weighted by Crippen LogP contribution is -2.26. The number of benzene rings is 1. The Morgan fingerprint density at radius 1 is 1.14 bits per heavy atom. The Bertz CT molecular complexity index is 648. The number of nitrogens with one attached hydrogen (secondary N) is 1. The van der Waals surface area contributed by atoms with Gasteiger partial charge in [-0.25, -0.2) is 0 Å². The molecule has 0 unspecified atom stereocenters. The van der Waals surface area contributed by atoms with Crippen molar-refractivity contribution in [2.75, 3.05) is 5.32 Å². The van der Waals surface area contributed by atoms with Crippen molar-refractivity contribution >= 4 is 38.1 Å². The molecule has 13 heteroatoms. The fourth-order valence-corrected chi connectivity index (χ4v) is 4.73. The number of rotatable bonds is 4. The van der Waals surface area contributed by atoms with Gasteiger partial charge in [-0.1, -0.05) is 18.3 Å². The van der Waals surface area contributed by atoms with Crippen molar-refractivity contribution in [3.8, 4) is 0 Å². The van der Waals surface area contributed by atoms with Gasteiger partial charge < -0.3 is 24.9 Å².